The molecule has 20 heavy (non-hydrogen) atoms. The van der Waals surface area contributed by atoms with Gasteiger partial charge in [0.25, 0.3) is 0 Å². The van der Waals surface area contributed by atoms with Gasteiger partial charge < -0.3 is 15.8 Å². The summed E-state index contributed by atoms with van der Waals surface area (Å²) in [5, 5.41) is 3.18. The van der Waals surface area contributed by atoms with Gasteiger partial charge in [0.15, 0.2) is 0 Å². The van der Waals surface area contributed by atoms with Crippen molar-refractivity contribution in [2.24, 2.45) is 0 Å². The summed E-state index contributed by atoms with van der Waals surface area (Å²) in [5.74, 6) is 1.12. The average Bonchev–Trinajstić information content (AvgIpc) is 2.40. The Bertz CT molecular complexity index is 584. The molecule has 1 aromatic carbocycles. The Morgan fingerprint density at radius 3 is 2.85 bits per heavy atom. The molecule has 0 aliphatic rings. The summed E-state index contributed by atoms with van der Waals surface area (Å²) in [7, 11) is 0. The van der Waals surface area contributed by atoms with Gasteiger partial charge in [-0.05, 0) is 38.0 Å². The summed E-state index contributed by atoms with van der Waals surface area (Å²) >= 11 is 0. The van der Waals surface area contributed by atoms with E-state index in [0.29, 0.717) is 18.4 Å². The lowest BCUT2D eigenvalue weighted by Crippen LogP contribution is -2.10. The predicted octanol–water partition coefficient (Wildman–Crippen LogP) is 2.77. The van der Waals surface area contributed by atoms with E-state index in [4.69, 9.17) is 10.5 Å². The SMILES string of the molecule is Cc1c(N)cccc1CNc1nccc(OC(C)C)n1. The molecule has 0 spiro atoms. The molecule has 1 heterocycles. The highest BCUT2D eigenvalue weighted by molar-refractivity contribution is 5.50. The molecule has 0 atom stereocenters. The second kappa shape index (κ2) is 6.23. The molecule has 0 unspecified atom stereocenters. The number of hydrogen-bond acceptors (Lipinski definition) is 5. The van der Waals surface area contributed by atoms with E-state index in [0.717, 1.165) is 16.8 Å². The number of ether oxygens (including phenoxy) is 1. The van der Waals surface area contributed by atoms with Crippen LogP contribution in [-0.2, 0) is 6.54 Å². The monoisotopic (exact) mass is 272 g/mol. The molecule has 0 radical (unpaired) electrons. The van der Waals surface area contributed by atoms with Gasteiger partial charge in [-0.15, -0.1) is 0 Å². The standard InChI is InChI=1S/C15H20N4O/c1-10(2)20-14-7-8-17-15(19-14)18-9-12-5-4-6-13(16)11(12)3/h4-8,10H,9,16H2,1-3H3,(H,17,18,19). The highest BCUT2D eigenvalue weighted by Gasteiger charge is 2.04. The minimum Gasteiger partial charge on any atom is -0.475 e. The summed E-state index contributed by atoms with van der Waals surface area (Å²) in [6.45, 7) is 6.56. The molecule has 0 aliphatic heterocycles. The second-order valence-corrected chi connectivity index (χ2v) is 4.87. The highest BCUT2D eigenvalue weighted by Crippen LogP contribution is 2.17. The van der Waals surface area contributed by atoms with Gasteiger partial charge in [-0.1, -0.05) is 12.1 Å². The summed E-state index contributed by atoms with van der Waals surface area (Å²) in [6, 6.07) is 7.62. The zero-order valence-corrected chi connectivity index (χ0v) is 12.1. The van der Waals surface area contributed by atoms with Crippen LogP contribution in [0.15, 0.2) is 30.5 Å². The molecule has 0 bridgehead atoms. The molecule has 0 saturated heterocycles. The van der Waals surface area contributed by atoms with Crippen molar-refractivity contribution >= 4 is 11.6 Å². The Labute approximate surface area is 119 Å². The molecule has 5 nitrogen and oxygen atoms in total. The van der Waals surface area contributed by atoms with Crippen LogP contribution < -0.4 is 15.8 Å². The average molecular weight is 272 g/mol. The molecular weight excluding hydrogens is 252 g/mol. The maximum atomic E-state index is 5.89. The van der Waals surface area contributed by atoms with Crippen LogP contribution in [0.25, 0.3) is 0 Å². The van der Waals surface area contributed by atoms with Gasteiger partial charge in [-0.2, -0.15) is 4.98 Å². The van der Waals surface area contributed by atoms with Crippen LogP contribution in [0.5, 0.6) is 5.88 Å². The molecule has 2 rings (SSSR count). The second-order valence-electron chi connectivity index (χ2n) is 4.87. The van der Waals surface area contributed by atoms with Crippen molar-refractivity contribution in [1.29, 1.82) is 0 Å². The topological polar surface area (TPSA) is 73.1 Å². The van der Waals surface area contributed by atoms with E-state index >= 15 is 0 Å². The first kappa shape index (κ1) is 14.1. The number of hydrogen-bond donors (Lipinski definition) is 2. The van der Waals surface area contributed by atoms with E-state index in [2.05, 4.69) is 15.3 Å². The predicted molar refractivity (Wildman–Crippen MR) is 80.7 cm³/mol. The first-order chi connectivity index (χ1) is 9.56. The van der Waals surface area contributed by atoms with Gasteiger partial charge in [0.05, 0.1) is 6.10 Å². The number of nitrogens with zero attached hydrogens (tertiary/aromatic N) is 2. The Balaban J connectivity index is 2.05. The van der Waals surface area contributed by atoms with Crippen molar-refractivity contribution in [3.05, 3.63) is 41.6 Å². The molecule has 5 heteroatoms. The van der Waals surface area contributed by atoms with Gasteiger partial charge in [-0.25, -0.2) is 4.98 Å². The molecule has 0 aliphatic carbocycles. The number of aromatic nitrogens is 2. The molecule has 0 fully saturated rings. The lowest BCUT2D eigenvalue weighted by molar-refractivity contribution is 0.232. The normalized spacial score (nSPS) is 10.6. The van der Waals surface area contributed by atoms with E-state index in [1.54, 1.807) is 12.3 Å². The van der Waals surface area contributed by atoms with Crippen molar-refractivity contribution in [2.45, 2.75) is 33.4 Å². The Morgan fingerprint density at radius 1 is 1.30 bits per heavy atom. The summed E-state index contributed by atoms with van der Waals surface area (Å²) in [4.78, 5) is 8.48. The highest BCUT2D eigenvalue weighted by atomic mass is 16.5. The Kier molecular flexibility index (Phi) is 4.40. The van der Waals surface area contributed by atoms with Crippen LogP contribution in [0, 0.1) is 6.92 Å². The smallest absolute Gasteiger partial charge is 0.226 e. The van der Waals surface area contributed by atoms with E-state index < -0.39 is 0 Å². The van der Waals surface area contributed by atoms with Crippen LogP contribution >= 0.6 is 0 Å². The van der Waals surface area contributed by atoms with E-state index in [1.807, 2.05) is 39.0 Å². The molecule has 106 valence electrons. The molecule has 3 N–H and O–H groups in total. The number of anilines is 2. The van der Waals surface area contributed by atoms with Crippen LogP contribution in [-0.4, -0.2) is 16.1 Å². The number of benzene rings is 1. The lowest BCUT2D eigenvalue weighted by atomic mass is 10.1. The van der Waals surface area contributed by atoms with Crippen LogP contribution in [0.1, 0.15) is 25.0 Å². The van der Waals surface area contributed by atoms with Gasteiger partial charge >= 0.3 is 0 Å². The number of nitrogens with one attached hydrogen (secondary N) is 1. The van der Waals surface area contributed by atoms with Gasteiger partial charge in [0.1, 0.15) is 0 Å². The van der Waals surface area contributed by atoms with E-state index in [-0.39, 0.29) is 6.10 Å². The maximum Gasteiger partial charge on any atom is 0.226 e. The zero-order valence-electron chi connectivity index (χ0n) is 12.1. The summed E-state index contributed by atoms with van der Waals surface area (Å²) in [6.07, 6.45) is 1.77. The maximum absolute atomic E-state index is 5.89. The van der Waals surface area contributed by atoms with Crippen molar-refractivity contribution in [3.8, 4) is 5.88 Å². The van der Waals surface area contributed by atoms with Gasteiger partial charge in [0.2, 0.25) is 11.8 Å². The fraction of sp³-hybridized carbons (Fsp3) is 0.333. The van der Waals surface area contributed by atoms with Gasteiger partial charge in [0, 0.05) is 24.5 Å². The molecule has 0 amide bonds. The molecule has 2 aromatic rings. The third-order valence-electron chi connectivity index (χ3n) is 2.91. The zero-order chi connectivity index (χ0) is 14.5. The van der Waals surface area contributed by atoms with Crippen molar-refractivity contribution < 1.29 is 4.74 Å². The van der Waals surface area contributed by atoms with Crippen LogP contribution in [0.4, 0.5) is 11.6 Å². The first-order valence-electron chi connectivity index (χ1n) is 6.64. The van der Waals surface area contributed by atoms with Crippen molar-refractivity contribution in [3.63, 3.8) is 0 Å². The fourth-order valence-corrected chi connectivity index (χ4v) is 1.80. The molecular formula is C15H20N4O. The lowest BCUT2D eigenvalue weighted by Gasteiger charge is -2.11. The van der Waals surface area contributed by atoms with E-state index in [9.17, 15) is 0 Å². The van der Waals surface area contributed by atoms with Crippen LogP contribution in [0.3, 0.4) is 0 Å². The fourth-order valence-electron chi connectivity index (χ4n) is 1.80. The van der Waals surface area contributed by atoms with Gasteiger partial charge in [-0.3, -0.25) is 0 Å². The number of nitrogens with two attached hydrogens (primary N) is 1. The first-order valence-corrected chi connectivity index (χ1v) is 6.64. The van der Waals surface area contributed by atoms with Crippen molar-refractivity contribution in [2.75, 3.05) is 11.1 Å². The van der Waals surface area contributed by atoms with Crippen molar-refractivity contribution in [1.82, 2.24) is 9.97 Å². The molecule has 1 aromatic heterocycles. The van der Waals surface area contributed by atoms with Crippen LogP contribution in [0.2, 0.25) is 0 Å². The Morgan fingerprint density at radius 2 is 2.10 bits per heavy atom. The summed E-state index contributed by atoms with van der Waals surface area (Å²) in [5.41, 5.74) is 8.89. The van der Waals surface area contributed by atoms with E-state index in [1.165, 1.54) is 0 Å². The largest absolute Gasteiger partial charge is 0.475 e. The Hall–Kier alpha value is -2.30. The number of nitrogen functional groups attached to an aromatic ring is 1. The quantitative estimate of drug-likeness (QED) is 0.819. The third kappa shape index (κ3) is 3.60. The minimum absolute atomic E-state index is 0.0916. The third-order valence-corrected chi connectivity index (χ3v) is 2.91. The molecule has 0 saturated carbocycles. The minimum atomic E-state index is 0.0916. The number of rotatable bonds is 5. The summed E-state index contributed by atoms with van der Waals surface area (Å²) < 4.78 is 5.54.